The summed E-state index contributed by atoms with van der Waals surface area (Å²) in [5.74, 6) is -0.450. The molecule has 1 fully saturated rings. The third-order valence-electron chi connectivity index (χ3n) is 4.49. The van der Waals surface area contributed by atoms with E-state index in [2.05, 4.69) is 15.5 Å². The minimum absolute atomic E-state index is 0.367. The molecule has 0 unspecified atom stereocenters. The van der Waals surface area contributed by atoms with Crippen LogP contribution >= 0.6 is 11.6 Å². The van der Waals surface area contributed by atoms with E-state index in [-0.39, 0.29) is 0 Å². The van der Waals surface area contributed by atoms with E-state index in [0.717, 1.165) is 39.1 Å². The molecule has 1 saturated heterocycles. The third-order valence-corrected chi connectivity index (χ3v) is 4.78. The first kappa shape index (κ1) is 20.5. The van der Waals surface area contributed by atoms with Gasteiger partial charge in [-0.15, -0.1) is 0 Å². The van der Waals surface area contributed by atoms with Crippen molar-refractivity contribution in [2.45, 2.75) is 12.8 Å². The molecule has 0 spiro atoms. The van der Waals surface area contributed by atoms with E-state index < -0.39 is 11.8 Å². The van der Waals surface area contributed by atoms with Gasteiger partial charge in [0.15, 0.2) is 0 Å². The molecule has 0 radical (unpaired) electrons. The van der Waals surface area contributed by atoms with E-state index in [4.69, 9.17) is 21.1 Å². The summed E-state index contributed by atoms with van der Waals surface area (Å²) in [7, 11) is 3.21. The van der Waals surface area contributed by atoms with Crippen molar-refractivity contribution in [2.24, 2.45) is 5.92 Å². The maximum Gasteiger partial charge on any atom is 0.313 e. The molecule has 2 rings (SSSR count). The summed E-state index contributed by atoms with van der Waals surface area (Å²) in [6.45, 7) is 4.15. The monoisotopic (exact) mass is 383 g/mol. The number of likely N-dealkylation sites (tertiary alicyclic amines) is 1. The molecule has 1 heterocycles. The Morgan fingerprint density at radius 1 is 1.23 bits per heavy atom. The normalized spacial score (nSPS) is 15.5. The van der Waals surface area contributed by atoms with Gasteiger partial charge in [0.25, 0.3) is 0 Å². The number of rotatable bonds is 7. The van der Waals surface area contributed by atoms with Gasteiger partial charge in [0.05, 0.1) is 18.7 Å². The summed E-state index contributed by atoms with van der Waals surface area (Å²) >= 11 is 6.01. The fourth-order valence-corrected chi connectivity index (χ4v) is 3.14. The lowest BCUT2D eigenvalue weighted by Gasteiger charge is -2.31. The number of nitrogens with zero attached hydrogens (tertiary/aromatic N) is 1. The van der Waals surface area contributed by atoms with Crippen molar-refractivity contribution in [1.82, 2.24) is 10.2 Å². The number of carbonyl (C=O) groups is 2. The Kier molecular flexibility index (Phi) is 8.15. The molecule has 1 aromatic rings. The quantitative estimate of drug-likeness (QED) is 0.701. The van der Waals surface area contributed by atoms with Crippen LogP contribution in [0.25, 0.3) is 0 Å². The van der Waals surface area contributed by atoms with Crippen LogP contribution in [0, 0.1) is 5.92 Å². The molecule has 1 aromatic carbocycles. The largest absolute Gasteiger partial charge is 0.495 e. The number of methoxy groups -OCH3 is 2. The molecular formula is C18H26ClN3O4. The van der Waals surface area contributed by atoms with Crippen molar-refractivity contribution in [1.29, 1.82) is 0 Å². The van der Waals surface area contributed by atoms with Gasteiger partial charge in [0.1, 0.15) is 5.75 Å². The van der Waals surface area contributed by atoms with E-state index in [0.29, 0.717) is 28.9 Å². The molecule has 7 nitrogen and oxygen atoms in total. The van der Waals surface area contributed by atoms with E-state index in [9.17, 15) is 9.59 Å². The van der Waals surface area contributed by atoms with Crippen molar-refractivity contribution >= 4 is 29.1 Å². The number of benzene rings is 1. The van der Waals surface area contributed by atoms with Gasteiger partial charge >= 0.3 is 11.8 Å². The Labute approximate surface area is 159 Å². The molecule has 0 aliphatic carbocycles. The number of ether oxygens (including phenoxy) is 2. The lowest BCUT2D eigenvalue weighted by atomic mass is 9.97. The molecule has 2 amide bonds. The van der Waals surface area contributed by atoms with Crippen LogP contribution in [-0.2, 0) is 14.3 Å². The standard InChI is InChI=1S/C18H26ClN3O4/c1-25-10-9-22-7-5-13(6-8-22)12-20-17(23)18(24)21-14-3-4-16(26-2)15(19)11-14/h3-4,11,13H,5-10,12H2,1-2H3,(H,20,23)(H,21,24). The van der Waals surface area contributed by atoms with Gasteiger partial charge in [-0.3, -0.25) is 9.59 Å². The second-order valence-corrected chi connectivity index (χ2v) is 6.70. The molecular weight excluding hydrogens is 358 g/mol. The Balaban J connectivity index is 1.72. The number of nitrogens with one attached hydrogen (secondary N) is 2. The Morgan fingerprint density at radius 2 is 1.96 bits per heavy atom. The fourth-order valence-electron chi connectivity index (χ4n) is 2.88. The number of hydrogen-bond donors (Lipinski definition) is 2. The van der Waals surface area contributed by atoms with Crippen LogP contribution < -0.4 is 15.4 Å². The minimum Gasteiger partial charge on any atom is -0.495 e. The number of amides is 2. The summed E-state index contributed by atoms with van der Waals surface area (Å²) in [4.78, 5) is 26.3. The Hall–Kier alpha value is -1.83. The number of piperidine rings is 1. The van der Waals surface area contributed by atoms with Crippen LogP contribution in [0.5, 0.6) is 5.75 Å². The lowest BCUT2D eigenvalue weighted by molar-refractivity contribution is -0.136. The van der Waals surface area contributed by atoms with Gasteiger partial charge < -0.3 is 25.0 Å². The molecule has 1 aliphatic heterocycles. The number of carbonyl (C=O) groups excluding carboxylic acids is 2. The molecule has 1 aliphatic rings. The van der Waals surface area contributed by atoms with Crippen LogP contribution in [0.3, 0.4) is 0 Å². The molecule has 0 bridgehead atoms. The van der Waals surface area contributed by atoms with Gasteiger partial charge in [-0.2, -0.15) is 0 Å². The number of anilines is 1. The van der Waals surface area contributed by atoms with Crippen molar-refractivity contribution in [2.75, 3.05) is 52.3 Å². The molecule has 8 heteroatoms. The smallest absolute Gasteiger partial charge is 0.313 e. The molecule has 2 N–H and O–H groups in total. The van der Waals surface area contributed by atoms with Gasteiger partial charge in [0.2, 0.25) is 0 Å². The van der Waals surface area contributed by atoms with Gasteiger partial charge in [-0.05, 0) is 50.0 Å². The molecule has 144 valence electrons. The topological polar surface area (TPSA) is 79.9 Å². The number of halogens is 1. The Bertz CT molecular complexity index is 618. The first-order valence-corrected chi connectivity index (χ1v) is 9.05. The fraction of sp³-hybridized carbons (Fsp3) is 0.556. The lowest BCUT2D eigenvalue weighted by Crippen LogP contribution is -2.42. The Morgan fingerprint density at radius 3 is 2.58 bits per heavy atom. The van der Waals surface area contributed by atoms with Crippen LogP contribution in [0.2, 0.25) is 5.02 Å². The predicted octanol–water partition coefficient (Wildman–Crippen LogP) is 1.76. The molecule has 0 atom stereocenters. The minimum atomic E-state index is -0.705. The van der Waals surface area contributed by atoms with E-state index in [1.54, 1.807) is 25.3 Å². The van der Waals surface area contributed by atoms with Crippen LogP contribution in [0.1, 0.15) is 12.8 Å². The van der Waals surface area contributed by atoms with Gasteiger partial charge in [-0.25, -0.2) is 0 Å². The number of hydrogen-bond acceptors (Lipinski definition) is 5. The average molecular weight is 384 g/mol. The maximum atomic E-state index is 12.0. The molecule has 26 heavy (non-hydrogen) atoms. The predicted molar refractivity (Wildman–Crippen MR) is 101 cm³/mol. The van der Waals surface area contributed by atoms with Crippen LogP contribution in [-0.4, -0.2) is 63.7 Å². The van der Waals surface area contributed by atoms with Crippen molar-refractivity contribution in [3.63, 3.8) is 0 Å². The van der Waals surface area contributed by atoms with Gasteiger partial charge in [0, 0.05) is 25.9 Å². The SMILES string of the molecule is COCCN1CCC(CNC(=O)C(=O)Nc2ccc(OC)c(Cl)c2)CC1. The van der Waals surface area contributed by atoms with Crippen molar-refractivity contribution in [3.8, 4) is 5.75 Å². The summed E-state index contributed by atoms with van der Waals surface area (Å²) in [6.07, 6.45) is 2.00. The maximum absolute atomic E-state index is 12.0. The zero-order chi connectivity index (χ0) is 18.9. The zero-order valence-corrected chi connectivity index (χ0v) is 16.0. The van der Waals surface area contributed by atoms with Crippen LogP contribution in [0.15, 0.2) is 18.2 Å². The first-order valence-electron chi connectivity index (χ1n) is 8.67. The highest BCUT2D eigenvalue weighted by Gasteiger charge is 2.21. The zero-order valence-electron chi connectivity index (χ0n) is 15.2. The summed E-state index contributed by atoms with van der Waals surface area (Å²) < 4.78 is 10.1. The van der Waals surface area contributed by atoms with Crippen molar-refractivity contribution in [3.05, 3.63) is 23.2 Å². The van der Waals surface area contributed by atoms with Crippen LogP contribution in [0.4, 0.5) is 5.69 Å². The highest BCUT2D eigenvalue weighted by molar-refractivity contribution is 6.40. The van der Waals surface area contributed by atoms with Gasteiger partial charge in [-0.1, -0.05) is 11.6 Å². The highest BCUT2D eigenvalue weighted by atomic mass is 35.5. The average Bonchev–Trinajstić information content (AvgIpc) is 2.65. The summed E-state index contributed by atoms with van der Waals surface area (Å²) in [5.41, 5.74) is 0.447. The second kappa shape index (κ2) is 10.4. The highest BCUT2D eigenvalue weighted by Crippen LogP contribution is 2.27. The molecule has 0 aromatic heterocycles. The van der Waals surface area contributed by atoms with E-state index in [1.165, 1.54) is 7.11 Å². The summed E-state index contributed by atoms with van der Waals surface area (Å²) in [5, 5.41) is 5.62. The second-order valence-electron chi connectivity index (χ2n) is 6.29. The first-order chi connectivity index (χ1) is 12.5. The van der Waals surface area contributed by atoms with E-state index >= 15 is 0 Å². The third kappa shape index (κ3) is 6.16. The van der Waals surface area contributed by atoms with Crippen molar-refractivity contribution < 1.29 is 19.1 Å². The summed E-state index contributed by atoms with van der Waals surface area (Å²) in [6, 6.07) is 4.81. The van der Waals surface area contributed by atoms with E-state index in [1.807, 2.05) is 0 Å². The molecule has 0 saturated carbocycles.